The van der Waals surface area contributed by atoms with E-state index in [1.807, 2.05) is 43.3 Å². The average Bonchev–Trinajstić information content (AvgIpc) is 2.62. The highest BCUT2D eigenvalue weighted by molar-refractivity contribution is 6.04. The van der Waals surface area contributed by atoms with Crippen LogP contribution in [0.1, 0.15) is 40.9 Å². The molecule has 0 amide bonds. The minimum Gasteiger partial charge on any atom is -0.372 e. The minimum atomic E-state index is 0.0269. The summed E-state index contributed by atoms with van der Waals surface area (Å²) in [5.74, 6) is 0.0269. The Kier molecular flexibility index (Phi) is 6.76. The van der Waals surface area contributed by atoms with Gasteiger partial charge in [-0.1, -0.05) is 65.7 Å². The molecule has 0 saturated carbocycles. The van der Waals surface area contributed by atoms with E-state index in [9.17, 15) is 4.79 Å². The van der Waals surface area contributed by atoms with Gasteiger partial charge in [0.2, 0.25) is 0 Å². The lowest BCUT2D eigenvalue weighted by Crippen LogP contribution is -2.21. The summed E-state index contributed by atoms with van der Waals surface area (Å²) in [5.41, 5.74) is 5.42. The average molecular weight is 333 g/mol. The Labute approximate surface area is 151 Å². The fourth-order valence-electron chi connectivity index (χ4n) is 2.71. The third kappa shape index (κ3) is 5.18. The van der Waals surface area contributed by atoms with E-state index >= 15 is 0 Å². The van der Waals surface area contributed by atoms with Gasteiger partial charge in [0.25, 0.3) is 0 Å². The van der Waals surface area contributed by atoms with Gasteiger partial charge in [0, 0.05) is 24.4 Å². The molecular weight excluding hydrogens is 306 g/mol. The van der Waals surface area contributed by atoms with Crippen molar-refractivity contribution in [2.24, 2.45) is 0 Å². The highest BCUT2D eigenvalue weighted by Crippen LogP contribution is 2.20. The molecule has 25 heavy (non-hydrogen) atoms. The maximum Gasteiger partial charge on any atom is 0.185 e. The summed E-state index contributed by atoms with van der Waals surface area (Å²) in [6.07, 6.45) is 5.53. The van der Waals surface area contributed by atoms with Crippen molar-refractivity contribution < 1.29 is 4.79 Å². The van der Waals surface area contributed by atoms with Crippen LogP contribution in [-0.4, -0.2) is 23.8 Å². The van der Waals surface area contributed by atoms with Crippen LogP contribution in [0.2, 0.25) is 0 Å². The fourth-order valence-corrected chi connectivity index (χ4v) is 2.71. The molecule has 0 aliphatic carbocycles. The Morgan fingerprint density at radius 3 is 1.80 bits per heavy atom. The number of hydrogen-bond acceptors (Lipinski definition) is 2. The maximum atomic E-state index is 12.3. The van der Waals surface area contributed by atoms with Crippen LogP contribution >= 0.6 is 0 Å². The van der Waals surface area contributed by atoms with Crippen molar-refractivity contribution in [1.82, 2.24) is 4.90 Å². The van der Waals surface area contributed by atoms with Crippen LogP contribution in [0, 0.1) is 13.8 Å². The van der Waals surface area contributed by atoms with Gasteiger partial charge >= 0.3 is 0 Å². The number of aryl methyl sites for hydroxylation is 2. The lowest BCUT2D eigenvalue weighted by atomic mass is 10.1. The largest absolute Gasteiger partial charge is 0.372 e. The van der Waals surface area contributed by atoms with Crippen molar-refractivity contribution in [3.05, 3.63) is 89.0 Å². The van der Waals surface area contributed by atoms with E-state index in [1.165, 1.54) is 11.1 Å². The van der Waals surface area contributed by atoms with Gasteiger partial charge in [-0.2, -0.15) is 0 Å². The molecule has 0 heterocycles. The Morgan fingerprint density at radius 2 is 1.32 bits per heavy atom. The first-order valence-electron chi connectivity index (χ1n) is 8.86. The molecule has 0 aliphatic rings. The zero-order valence-corrected chi connectivity index (χ0v) is 15.6. The smallest absolute Gasteiger partial charge is 0.185 e. The fraction of sp³-hybridized carbons (Fsp3) is 0.261. The van der Waals surface area contributed by atoms with Crippen LogP contribution in [-0.2, 0) is 0 Å². The Hall–Kier alpha value is -2.61. The lowest BCUT2D eigenvalue weighted by molar-refractivity contribution is 0.104. The lowest BCUT2D eigenvalue weighted by Gasteiger charge is -2.24. The summed E-state index contributed by atoms with van der Waals surface area (Å²) in [6.45, 7) is 10.3. The highest BCUT2D eigenvalue weighted by atomic mass is 16.1. The Bertz CT molecular complexity index is 748. The molecule has 0 aromatic heterocycles. The number of rotatable bonds is 7. The number of allylic oxidation sites excluding steroid dienone is 3. The van der Waals surface area contributed by atoms with Crippen molar-refractivity contribution >= 4 is 11.5 Å². The molecule has 0 unspecified atom stereocenters. The van der Waals surface area contributed by atoms with E-state index in [-0.39, 0.29) is 5.78 Å². The minimum absolute atomic E-state index is 0.0269. The van der Waals surface area contributed by atoms with Crippen LogP contribution in [0.3, 0.4) is 0 Å². The summed E-state index contributed by atoms with van der Waals surface area (Å²) < 4.78 is 0. The van der Waals surface area contributed by atoms with Crippen molar-refractivity contribution in [2.75, 3.05) is 13.1 Å². The van der Waals surface area contributed by atoms with Gasteiger partial charge in [-0.15, -0.1) is 0 Å². The van der Waals surface area contributed by atoms with Crippen LogP contribution in [0.5, 0.6) is 0 Å². The van der Waals surface area contributed by atoms with E-state index in [2.05, 4.69) is 49.9 Å². The summed E-state index contributed by atoms with van der Waals surface area (Å²) in [6, 6.07) is 16.2. The molecule has 2 heteroatoms. The van der Waals surface area contributed by atoms with Crippen molar-refractivity contribution in [3.63, 3.8) is 0 Å². The first-order valence-corrected chi connectivity index (χ1v) is 8.86. The second-order valence-corrected chi connectivity index (χ2v) is 6.18. The number of carbonyl (C=O) groups excluding carboxylic acids is 1. The van der Waals surface area contributed by atoms with E-state index < -0.39 is 0 Å². The van der Waals surface area contributed by atoms with Gasteiger partial charge in [0.05, 0.1) is 0 Å². The van der Waals surface area contributed by atoms with Crippen molar-refractivity contribution in [2.45, 2.75) is 27.7 Å². The number of ketones is 1. The van der Waals surface area contributed by atoms with E-state index in [4.69, 9.17) is 0 Å². The zero-order chi connectivity index (χ0) is 18.2. The normalized spacial score (nSPS) is 11.8. The van der Waals surface area contributed by atoms with Crippen LogP contribution in [0.25, 0.3) is 5.70 Å². The number of carbonyl (C=O) groups is 1. The quantitative estimate of drug-likeness (QED) is 0.383. The zero-order valence-electron chi connectivity index (χ0n) is 15.6. The molecule has 0 aliphatic heterocycles. The van der Waals surface area contributed by atoms with Gasteiger partial charge in [-0.05, 0) is 45.4 Å². The number of nitrogens with zero attached hydrogens (tertiary/aromatic N) is 1. The summed E-state index contributed by atoms with van der Waals surface area (Å²) in [5, 5.41) is 0. The summed E-state index contributed by atoms with van der Waals surface area (Å²) in [4.78, 5) is 14.6. The summed E-state index contributed by atoms with van der Waals surface area (Å²) >= 11 is 0. The second-order valence-electron chi connectivity index (χ2n) is 6.18. The molecule has 0 N–H and O–H groups in total. The highest BCUT2D eigenvalue weighted by Gasteiger charge is 2.07. The third-order valence-electron chi connectivity index (χ3n) is 4.29. The van der Waals surface area contributed by atoms with Gasteiger partial charge in [0.15, 0.2) is 5.78 Å². The molecule has 0 spiro atoms. The molecule has 0 radical (unpaired) electrons. The predicted molar refractivity (Wildman–Crippen MR) is 107 cm³/mol. The SMILES string of the molecule is CCN(CC)/C(=C/C=C/C(=O)c1ccc(C)cc1)c1ccc(C)cc1. The molecule has 0 fully saturated rings. The second kappa shape index (κ2) is 9.03. The molecule has 130 valence electrons. The molecule has 2 aromatic carbocycles. The number of hydrogen-bond donors (Lipinski definition) is 0. The van der Waals surface area contributed by atoms with Gasteiger partial charge in [-0.25, -0.2) is 0 Å². The number of benzene rings is 2. The first kappa shape index (κ1) is 18.7. The van der Waals surface area contributed by atoms with Crippen LogP contribution in [0.15, 0.2) is 66.8 Å². The molecule has 2 rings (SSSR count). The predicted octanol–water partition coefficient (Wildman–Crippen LogP) is 5.43. The van der Waals surface area contributed by atoms with Gasteiger partial charge in [-0.3, -0.25) is 4.79 Å². The Morgan fingerprint density at radius 1 is 0.840 bits per heavy atom. The van der Waals surface area contributed by atoms with E-state index in [0.29, 0.717) is 0 Å². The maximum absolute atomic E-state index is 12.3. The molecule has 2 aromatic rings. The van der Waals surface area contributed by atoms with Crippen molar-refractivity contribution in [3.8, 4) is 0 Å². The van der Waals surface area contributed by atoms with E-state index in [1.54, 1.807) is 6.08 Å². The molecule has 0 saturated heterocycles. The first-order chi connectivity index (χ1) is 12.0. The molecule has 0 atom stereocenters. The van der Waals surface area contributed by atoms with Gasteiger partial charge in [0.1, 0.15) is 0 Å². The molecular formula is C23H27NO. The van der Waals surface area contributed by atoms with E-state index in [0.717, 1.165) is 29.9 Å². The third-order valence-corrected chi connectivity index (χ3v) is 4.29. The summed E-state index contributed by atoms with van der Waals surface area (Å²) in [7, 11) is 0. The Balaban J connectivity index is 2.25. The monoisotopic (exact) mass is 333 g/mol. The van der Waals surface area contributed by atoms with Gasteiger partial charge < -0.3 is 4.90 Å². The standard InChI is InChI=1S/C23H27NO/c1-5-24(6-2)22(20-14-10-18(3)11-15-20)8-7-9-23(25)21-16-12-19(4)13-17-21/h7-17H,5-6H2,1-4H3/b9-7+,22-8+. The topological polar surface area (TPSA) is 20.3 Å². The molecule has 0 bridgehead atoms. The molecule has 2 nitrogen and oxygen atoms in total. The van der Waals surface area contributed by atoms with Crippen LogP contribution < -0.4 is 0 Å². The van der Waals surface area contributed by atoms with Crippen molar-refractivity contribution in [1.29, 1.82) is 0 Å². The van der Waals surface area contributed by atoms with Crippen LogP contribution in [0.4, 0.5) is 0 Å².